The van der Waals surface area contributed by atoms with Gasteiger partial charge in [0.2, 0.25) is 5.91 Å². The number of nitrogens with two attached hydrogens (primary N) is 1. The summed E-state index contributed by atoms with van der Waals surface area (Å²) in [4.78, 5) is 11.2. The molecule has 4 nitrogen and oxygen atoms in total. The SMILES string of the molecule is CC(C)[C@H](N)C(=O)NCC[C@@H](C)O. The highest BCUT2D eigenvalue weighted by Gasteiger charge is 2.16. The van der Waals surface area contributed by atoms with Crippen LogP contribution in [0.2, 0.25) is 0 Å². The van der Waals surface area contributed by atoms with Gasteiger partial charge in [-0.1, -0.05) is 13.8 Å². The van der Waals surface area contributed by atoms with Crippen LogP contribution >= 0.6 is 0 Å². The second-order valence-electron chi connectivity index (χ2n) is 3.70. The zero-order chi connectivity index (χ0) is 10.4. The van der Waals surface area contributed by atoms with Crippen LogP contribution in [0.4, 0.5) is 0 Å². The molecule has 0 unspecified atom stereocenters. The zero-order valence-electron chi connectivity index (χ0n) is 8.58. The Bertz CT molecular complexity index is 158. The summed E-state index contributed by atoms with van der Waals surface area (Å²) in [5.41, 5.74) is 5.60. The molecule has 0 saturated carbocycles. The highest BCUT2D eigenvalue weighted by molar-refractivity contribution is 5.81. The molecule has 0 aromatic heterocycles. The fourth-order valence-corrected chi connectivity index (χ4v) is 0.825. The summed E-state index contributed by atoms with van der Waals surface area (Å²) in [7, 11) is 0. The minimum absolute atomic E-state index is 0.143. The van der Waals surface area contributed by atoms with E-state index in [1.165, 1.54) is 0 Å². The van der Waals surface area contributed by atoms with Crippen molar-refractivity contribution in [3.8, 4) is 0 Å². The van der Waals surface area contributed by atoms with E-state index in [1.807, 2.05) is 13.8 Å². The number of amides is 1. The molecule has 0 radical (unpaired) electrons. The summed E-state index contributed by atoms with van der Waals surface area (Å²) in [6.07, 6.45) is 0.187. The van der Waals surface area contributed by atoms with E-state index in [0.29, 0.717) is 13.0 Å². The fraction of sp³-hybridized carbons (Fsp3) is 0.889. The Morgan fingerprint density at radius 2 is 2.00 bits per heavy atom. The standard InChI is InChI=1S/C9H20N2O2/c1-6(2)8(10)9(13)11-5-4-7(3)12/h6-8,12H,4-5,10H2,1-3H3,(H,11,13)/t7-,8+/m1/s1. The van der Waals surface area contributed by atoms with Gasteiger partial charge >= 0.3 is 0 Å². The smallest absolute Gasteiger partial charge is 0.237 e. The minimum Gasteiger partial charge on any atom is -0.393 e. The molecule has 4 N–H and O–H groups in total. The van der Waals surface area contributed by atoms with E-state index in [0.717, 1.165) is 0 Å². The lowest BCUT2D eigenvalue weighted by molar-refractivity contribution is -0.123. The third-order valence-electron chi connectivity index (χ3n) is 1.88. The van der Waals surface area contributed by atoms with E-state index < -0.39 is 6.04 Å². The summed E-state index contributed by atoms with van der Waals surface area (Å²) >= 11 is 0. The van der Waals surface area contributed by atoms with Gasteiger partial charge in [-0.3, -0.25) is 4.79 Å². The number of aliphatic hydroxyl groups is 1. The highest BCUT2D eigenvalue weighted by Crippen LogP contribution is 1.97. The molecule has 0 bridgehead atoms. The lowest BCUT2D eigenvalue weighted by Gasteiger charge is -2.15. The van der Waals surface area contributed by atoms with E-state index in [2.05, 4.69) is 5.32 Å². The van der Waals surface area contributed by atoms with Crippen molar-refractivity contribution in [1.82, 2.24) is 5.32 Å². The van der Waals surface area contributed by atoms with Gasteiger partial charge in [0, 0.05) is 6.54 Å². The first kappa shape index (κ1) is 12.4. The van der Waals surface area contributed by atoms with Crippen LogP contribution < -0.4 is 11.1 Å². The first-order valence-corrected chi connectivity index (χ1v) is 4.66. The quantitative estimate of drug-likeness (QED) is 0.562. The fourth-order valence-electron chi connectivity index (χ4n) is 0.825. The molecular weight excluding hydrogens is 168 g/mol. The Morgan fingerprint density at radius 3 is 2.38 bits per heavy atom. The highest BCUT2D eigenvalue weighted by atomic mass is 16.3. The van der Waals surface area contributed by atoms with Crippen LogP contribution in [0.25, 0.3) is 0 Å². The Morgan fingerprint density at radius 1 is 1.46 bits per heavy atom. The Hall–Kier alpha value is -0.610. The predicted molar refractivity (Wildman–Crippen MR) is 52.1 cm³/mol. The molecule has 0 fully saturated rings. The number of hydrogen-bond donors (Lipinski definition) is 3. The zero-order valence-corrected chi connectivity index (χ0v) is 8.58. The number of aliphatic hydroxyl groups excluding tert-OH is 1. The molecule has 0 aliphatic rings. The Labute approximate surface area is 79.5 Å². The van der Waals surface area contributed by atoms with Gasteiger partial charge in [-0.2, -0.15) is 0 Å². The molecule has 1 amide bonds. The predicted octanol–water partition coefficient (Wildman–Crippen LogP) is -0.143. The van der Waals surface area contributed by atoms with E-state index in [4.69, 9.17) is 10.8 Å². The second-order valence-corrected chi connectivity index (χ2v) is 3.70. The Balaban J connectivity index is 3.62. The molecule has 0 aromatic rings. The van der Waals surface area contributed by atoms with Gasteiger partial charge in [-0.05, 0) is 19.3 Å². The van der Waals surface area contributed by atoms with Gasteiger partial charge in [0.15, 0.2) is 0 Å². The normalized spacial score (nSPS) is 15.5. The van der Waals surface area contributed by atoms with Crippen molar-refractivity contribution in [2.24, 2.45) is 11.7 Å². The van der Waals surface area contributed by atoms with Gasteiger partial charge < -0.3 is 16.2 Å². The van der Waals surface area contributed by atoms with Crippen molar-refractivity contribution in [3.63, 3.8) is 0 Å². The largest absolute Gasteiger partial charge is 0.393 e. The van der Waals surface area contributed by atoms with E-state index in [1.54, 1.807) is 6.92 Å². The average molecular weight is 188 g/mol. The molecule has 0 heterocycles. The van der Waals surface area contributed by atoms with Crippen LogP contribution in [0.3, 0.4) is 0 Å². The third-order valence-corrected chi connectivity index (χ3v) is 1.88. The Kier molecular flexibility index (Phi) is 5.66. The molecule has 0 aromatic carbocycles. The summed E-state index contributed by atoms with van der Waals surface area (Å²) in [5, 5.41) is 11.6. The van der Waals surface area contributed by atoms with Gasteiger partial charge in [0.05, 0.1) is 12.1 Å². The number of hydrogen-bond acceptors (Lipinski definition) is 3. The van der Waals surface area contributed by atoms with E-state index in [9.17, 15) is 4.79 Å². The first-order chi connectivity index (χ1) is 5.95. The summed E-state index contributed by atoms with van der Waals surface area (Å²) < 4.78 is 0. The maximum absolute atomic E-state index is 11.2. The van der Waals surface area contributed by atoms with Crippen molar-refractivity contribution in [2.45, 2.75) is 39.3 Å². The maximum atomic E-state index is 11.2. The molecular formula is C9H20N2O2. The van der Waals surface area contributed by atoms with Gasteiger partial charge in [0.1, 0.15) is 0 Å². The topological polar surface area (TPSA) is 75.4 Å². The van der Waals surface area contributed by atoms with Crippen LogP contribution in [0.1, 0.15) is 27.2 Å². The average Bonchev–Trinajstić information content (AvgIpc) is 2.02. The molecule has 0 spiro atoms. The van der Waals surface area contributed by atoms with Gasteiger partial charge in [-0.15, -0.1) is 0 Å². The van der Waals surface area contributed by atoms with Crippen LogP contribution in [0, 0.1) is 5.92 Å². The van der Waals surface area contributed by atoms with Crippen molar-refractivity contribution in [2.75, 3.05) is 6.54 Å². The molecule has 2 atom stereocenters. The monoisotopic (exact) mass is 188 g/mol. The second kappa shape index (κ2) is 5.94. The molecule has 78 valence electrons. The van der Waals surface area contributed by atoms with Gasteiger partial charge in [0.25, 0.3) is 0 Å². The molecule has 0 aliphatic carbocycles. The lowest BCUT2D eigenvalue weighted by atomic mass is 10.1. The minimum atomic E-state index is -0.450. The van der Waals surface area contributed by atoms with Crippen molar-refractivity contribution in [3.05, 3.63) is 0 Å². The third kappa shape index (κ3) is 5.60. The maximum Gasteiger partial charge on any atom is 0.237 e. The number of rotatable bonds is 5. The molecule has 0 saturated heterocycles. The van der Waals surface area contributed by atoms with E-state index in [-0.39, 0.29) is 17.9 Å². The van der Waals surface area contributed by atoms with Crippen LogP contribution in [0.15, 0.2) is 0 Å². The number of carbonyl (C=O) groups excluding carboxylic acids is 1. The van der Waals surface area contributed by atoms with Gasteiger partial charge in [-0.25, -0.2) is 0 Å². The van der Waals surface area contributed by atoms with Crippen LogP contribution in [-0.2, 0) is 4.79 Å². The lowest BCUT2D eigenvalue weighted by Crippen LogP contribution is -2.44. The summed E-state index contributed by atoms with van der Waals surface area (Å²) in [5.74, 6) is 0.00204. The van der Waals surface area contributed by atoms with Crippen molar-refractivity contribution >= 4 is 5.91 Å². The molecule has 4 heteroatoms. The van der Waals surface area contributed by atoms with Crippen molar-refractivity contribution < 1.29 is 9.90 Å². The molecule has 13 heavy (non-hydrogen) atoms. The van der Waals surface area contributed by atoms with Crippen molar-refractivity contribution in [1.29, 1.82) is 0 Å². The number of nitrogens with one attached hydrogen (secondary N) is 1. The molecule has 0 aliphatic heterocycles. The first-order valence-electron chi connectivity index (χ1n) is 4.66. The summed E-state index contributed by atoms with van der Waals surface area (Å²) in [6, 6.07) is -0.450. The summed E-state index contributed by atoms with van der Waals surface area (Å²) in [6.45, 7) is 5.98. The molecule has 0 rings (SSSR count). The van der Waals surface area contributed by atoms with Crippen LogP contribution in [0.5, 0.6) is 0 Å². The number of carbonyl (C=O) groups is 1. The van der Waals surface area contributed by atoms with E-state index >= 15 is 0 Å². The van der Waals surface area contributed by atoms with Crippen LogP contribution in [-0.4, -0.2) is 29.7 Å².